The fourth-order valence-electron chi connectivity index (χ4n) is 4.52. The smallest absolute Gasteiger partial charge is 0.224 e. The fourth-order valence-corrected chi connectivity index (χ4v) is 4.52. The van der Waals surface area contributed by atoms with E-state index in [1.807, 2.05) is 6.92 Å². The van der Waals surface area contributed by atoms with E-state index in [4.69, 9.17) is 4.74 Å². The number of carbonyl (C=O) groups excluding carboxylic acids is 1. The number of rotatable bonds is 5. The van der Waals surface area contributed by atoms with Gasteiger partial charge in [-0.3, -0.25) is 9.48 Å². The van der Waals surface area contributed by atoms with Crippen LogP contribution in [0.5, 0.6) is 0 Å². The molecule has 6 nitrogen and oxygen atoms in total. The molecule has 2 aliphatic carbocycles. The van der Waals surface area contributed by atoms with Gasteiger partial charge in [0.2, 0.25) is 5.91 Å². The van der Waals surface area contributed by atoms with Crippen molar-refractivity contribution in [1.29, 1.82) is 0 Å². The largest absolute Gasteiger partial charge is 0.392 e. The third-order valence-electron chi connectivity index (χ3n) is 6.57. The van der Waals surface area contributed by atoms with E-state index in [9.17, 15) is 9.90 Å². The van der Waals surface area contributed by atoms with E-state index in [0.29, 0.717) is 26.1 Å². The number of ether oxygens (including phenoxy) is 1. The van der Waals surface area contributed by atoms with Crippen LogP contribution in [-0.2, 0) is 22.5 Å². The first kappa shape index (κ1) is 17.0. The Bertz CT molecular complexity index is 659. The Balaban J connectivity index is 1.40. The highest BCUT2D eigenvalue weighted by Gasteiger charge is 2.55. The van der Waals surface area contributed by atoms with Gasteiger partial charge in [-0.1, -0.05) is 0 Å². The minimum absolute atomic E-state index is 0.0416. The Morgan fingerprint density at radius 3 is 2.72 bits per heavy atom. The molecule has 138 valence electrons. The summed E-state index contributed by atoms with van der Waals surface area (Å²) in [6.45, 7) is 6.39. The highest BCUT2D eigenvalue weighted by Crippen LogP contribution is 2.48. The van der Waals surface area contributed by atoms with Gasteiger partial charge in [0.05, 0.1) is 18.2 Å². The predicted octanol–water partition coefficient (Wildman–Crippen LogP) is 1.50. The molecule has 2 N–H and O–H groups in total. The number of carbonyl (C=O) groups is 1. The molecule has 2 atom stereocenters. The van der Waals surface area contributed by atoms with Gasteiger partial charge in [-0.2, -0.15) is 5.10 Å². The number of nitrogens with one attached hydrogen (secondary N) is 1. The van der Waals surface area contributed by atoms with Crippen molar-refractivity contribution in [3.05, 3.63) is 17.0 Å². The minimum Gasteiger partial charge on any atom is -0.392 e. The highest BCUT2D eigenvalue weighted by atomic mass is 16.5. The summed E-state index contributed by atoms with van der Waals surface area (Å²) in [4.78, 5) is 12.6. The molecule has 1 spiro atoms. The van der Waals surface area contributed by atoms with Crippen LogP contribution in [0.4, 0.5) is 0 Å². The summed E-state index contributed by atoms with van der Waals surface area (Å²) in [6.07, 6.45) is 4.97. The maximum atomic E-state index is 12.6. The topological polar surface area (TPSA) is 76.4 Å². The number of amides is 1. The van der Waals surface area contributed by atoms with E-state index in [0.717, 1.165) is 42.3 Å². The molecule has 2 saturated carbocycles. The summed E-state index contributed by atoms with van der Waals surface area (Å²) in [6, 6.07) is 0.0704. The van der Waals surface area contributed by atoms with Crippen molar-refractivity contribution in [3.63, 3.8) is 0 Å². The van der Waals surface area contributed by atoms with Crippen molar-refractivity contribution in [1.82, 2.24) is 15.1 Å². The maximum Gasteiger partial charge on any atom is 0.224 e. The molecule has 1 aromatic rings. The Hall–Kier alpha value is -1.40. The van der Waals surface area contributed by atoms with E-state index >= 15 is 0 Å². The summed E-state index contributed by atoms with van der Waals surface area (Å²) in [5.41, 5.74) is 2.96. The van der Waals surface area contributed by atoms with Crippen LogP contribution >= 0.6 is 0 Å². The van der Waals surface area contributed by atoms with Crippen molar-refractivity contribution < 1.29 is 14.6 Å². The third kappa shape index (κ3) is 3.10. The standard InChI is InChI=1S/C19H29N3O3/c1-12-15(13(2)22(21-12)11-14-3-4-14)9-18(24)20-16-10-17(23)19(16)5-7-25-8-6-19/h14,16-17,23H,3-11H2,1-2H3,(H,20,24)/t16-,17-/m1/s1. The van der Waals surface area contributed by atoms with Gasteiger partial charge in [0, 0.05) is 42.5 Å². The number of aliphatic hydroxyl groups is 1. The minimum atomic E-state index is -0.313. The first-order chi connectivity index (χ1) is 12.0. The SMILES string of the molecule is Cc1nn(CC2CC2)c(C)c1CC(=O)N[C@@H]1C[C@@H](O)C12CCOCC2. The van der Waals surface area contributed by atoms with E-state index < -0.39 is 0 Å². The zero-order valence-corrected chi connectivity index (χ0v) is 15.3. The molecule has 25 heavy (non-hydrogen) atoms. The molecule has 1 aliphatic heterocycles. The molecule has 3 aliphatic rings. The van der Waals surface area contributed by atoms with Gasteiger partial charge in [0.1, 0.15) is 0 Å². The van der Waals surface area contributed by atoms with E-state index in [1.165, 1.54) is 12.8 Å². The second kappa shape index (κ2) is 6.40. The lowest BCUT2D eigenvalue weighted by Gasteiger charge is -2.55. The van der Waals surface area contributed by atoms with Crippen LogP contribution in [-0.4, -0.2) is 46.2 Å². The van der Waals surface area contributed by atoms with Crippen LogP contribution in [0.1, 0.15) is 49.1 Å². The zero-order chi connectivity index (χ0) is 17.6. The van der Waals surface area contributed by atoms with Crippen LogP contribution in [0, 0.1) is 25.2 Å². The first-order valence-electron chi connectivity index (χ1n) is 9.57. The van der Waals surface area contributed by atoms with Crippen LogP contribution in [0.2, 0.25) is 0 Å². The summed E-state index contributed by atoms with van der Waals surface area (Å²) >= 11 is 0. The number of hydrogen-bond donors (Lipinski definition) is 2. The third-order valence-corrected chi connectivity index (χ3v) is 6.57. The lowest BCUT2D eigenvalue weighted by molar-refractivity contribution is -0.155. The fraction of sp³-hybridized carbons (Fsp3) is 0.789. The molecule has 0 radical (unpaired) electrons. The Morgan fingerprint density at radius 1 is 1.36 bits per heavy atom. The van der Waals surface area contributed by atoms with Crippen LogP contribution < -0.4 is 5.32 Å². The molecular formula is C19H29N3O3. The quantitative estimate of drug-likeness (QED) is 0.846. The van der Waals surface area contributed by atoms with Crippen molar-refractivity contribution in [2.24, 2.45) is 11.3 Å². The van der Waals surface area contributed by atoms with Gasteiger partial charge in [0.15, 0.2) is 0 Å². The second-order valence-corrected chi connectivity index (χ2v) is 8.17. The van der Waals surface area contributed by atoms with Gasteiger partial charge in [0.25, 0.3) is 0 Å². The van der Waals surface area contributed by atoms with Gasteiger partial charge in [-0.05, 0) is 51.9 Å². The van der Waals surface area contributed by atoms with Crippen LogP contribution in [0.3, 0.4) is 0 Å². The van der Waals surface area contributed by atoms with E-state index in [-0.39, 0.29) is 23.5 Å². The molecule has 0 aromatic carbocycles. The Morgan fingerprint density at radius 2 is 2.08 bits per heavy atom. The molecule has 0 unspecified atom stereocenters. The van der Waals surface area contributed by atoms with Crippen molar-refractivity contribution in [2.75, 3.05) is 13.2 Å². The number of nitrogens with zero attached hydrogens (tertiary/aromatic N) is 2. The summed E-state index contributed by atoms with van der Waals surface area (Å²) in [5, 5.41) is 18.1. The molecule has 3 fully saturated rings. The van der Waals surface area contributed by atoms with Gasteiger partial charge < -0.3 is 15.2 Å². The van der Waals surface area contributed by atoms with Crippen LogP contribution in [0.15, 0.2) is 0 Å². The summed E-state index contributed by atoms with van der Waals surface area (Å²) < 4.78 is 7.51. The van der Waals surface area contributed by atoms with Crippen molar-refractivity contribution >= 4 is 5.91 Å². The Labute approximate surface area is 148 Å². The lowest BCUT2D eigenvalue weighted by atomic mass is 9.58. The average molecular weight is 347 g/mol. The molecule has 6 heteroatoms. The number of aliphatic hydroxyl groups excluding tert-OH is 1. The monoisotopic (exact) mass is 347 g/mol. The van der Waals surface area contributed by atoms with E-state index in [2.05, 4.69) is 22.0 Å². The summed E-state index contributed by atoms with van der Waals surface area (Å²) in [7, 11) is 0. The molecule has 4 rings (SSSR count). The molecule has 1 saturated heterocycles. The molecule has 0 bridgehead atoms. The second-order valence-electron chi connectivity index (χ2n) is 8.17. The molecular weight excluding hydrogens is 318 g/mol. The summed E-state index contributed by atoms with van der Waals surface area (Å²) in [5.74, 6) is 0.810. The Kier molecular flexibility index (Phi) is 4.36. The average Bonchev–Trinajstić information content (AvgIpc) is 3.38. The van der Waals surface area contributed by atoms with Crippen molar-refractivity contribution in [3.8, 4) is 0 Å². The van der Waals surface area contributed by atoms with Gasteiger partial charge >= 0.3 is 0 Å². The zero-order valence-electron chi connectivity index (χ0n) is 15.3. The maximum absolute atomic E-state index is 12.6. The highest BCUT2D eigenvalue weighted by molar-refractivity contribution is 5.79. The number of aromatic nitrogens is 2. The van der Waals surface area contributed by atoms with Gasteiger partial charge in [-0.25, -0.2) is 0 Å². The predicted molar refractivity (Wildman–Crippen MR) is 93.2 cm³/mol. The molecule has 1 aromatic heterocycles. The number of hydrogen-bond acceptors (Lipinski definition) is 4. The number of aryl methyl sites for hydroxylation is 1. The molecule has 2 heterocycles. The first-order valence-corrected chi connectivity index (χ1v) is 9.57. The van der Waals surface area contributed by atoms with Crippen LogP contribution in [0.25, 0.3) is 0 Å². The normalized spacial score (nSPS) is 28.0. The van der Waals surface area contributed by atoms with E-state index in [1.54, 1.807) is 0 Å². The lowest BCUT2D eigenvalue weighted by Crippen LogP contribution is -2.65. The van der Waals surface area contributed by atoms with Gasteiger partial charge in [-0.15, -0.1) is 0 Å². The molecule has 1 amide bonds. The van der Waals surface area contributed by atoms with Crippen molar-refractivity contribution in [2.45, 2.75) is 71.1 Å².